The second-order valence-corrected chi connectivity index (χ2v) is 4.66. The number of nitrogens with two attached hydrogens (primary N) is 1. The van der Waals surface area contributed by atoms with E-state index in [0.717, 1.165) is 0 Å². The number of nitrogen functional groups attached to an aromatic ring is 1. The molecule has 0 radical (unpaired) electrons. The van der Waals surface area contributed by atoms with Crippen molar-refractivity contribution in [3.05, 3.63) is 23.8 Å². The number of carbonyl (C=O) groups excluding carboxylic acids is 2. The van der Waals surface area contributed by atoms with Gasteiger partial charge in [0.05, 0.1) is 26.0 Å². The summed E-state index contributed by atoms with van der Waals surface area (Å²) in [5.41, 5.74) is 6.62. The molecule has 1 saturated heterocycles. The fraction of sp³-hybridized carbons (Fsp3) is 0.429. The van der Waals surface area contributed by atoms with E-state index in [1.165, 1.54) is 19.1 Å². The number of likely N-dealkylation sites (N-methyl/N-ethyl adjacent to an activating group) is 1. The minimum atomic E-state index is -0.625. The standard InChI is InChI=1S/C14H19N3O4/c1-16-13(18)11-8-21-6-5-17(11)14(19)9-3-4-12(20-2)10(15)7-9/h3-4,7,11H,5-6,8,15H2,1-2H3,(H,16,18). The number of rotatable bonds is 3. The molecule has 1 unspecified atom stereocenters. The van der Waals surface area contributed by atoms with Crippen LogP contribution < -0.4 is 15.8 Å². The highest BCUT2D eigenvalue weighted by Crippen LogP contribution is 2.23. The minimum Gasteiger partial charge on any atom is -0.495 e. The molecule has 1 aromatic carbocycles. The molecule has 1 aromatic rings. The molecule has 21 heavy (non-hydrogen) atoms. The smallest absolute Gasteiger partial charge is 0.254 e. The fourth-order valence-corrected chi connectivity index (χ4v) is 2.26. The molecule has 1 atom stereocenters. The van der Waals surface area contributed by atoms with Crippen LogP contribution in [0.1, 0.15) is 10.4 Å². The number of hydrogen-bond acceptors (Lipinski definition) is 5. The first-order valence-electron chi connectivity index (χ1n) is 6.62. The largest absolute Gasteiger partial charge is 0.495 e. The van der Waals surface area contributed by atoms with Gasteiger partial charge in [-0.2, -0.15) is 0 Å². The molecule has 1 heterocycles. The van der Waals surface area contributed by atoms with Gasteiger partial charge in [-0.05, 0) is 18.2 Å². The Balaban J connectivity index is 2.24. The van der Waals surface area contributed by atoms with Crippen LogP contribution in [-0.2, 0) is 9.53 Å². The third-order valence-corrected chi connectivity index (χ3v) is 3.42. The van der Waals surface area contributed by atoms with Crippen LogP contribution in [-0.4, -0.2) is 56.7 Å². The summed E-state index contributed by atoms with van der Waals surface area (Å²) in [6, 6.07) is 4.20. The summed E-state index contributed by atoms with van der Waals surface area (Å²) >= 11 is 0. The number of nitrogens with one attached hydrogen (secondary N) is 1. The van der Waals surface area contributed by atoms with Gasteiger partial charge in [-0.1, -0.05) is 0 Å². The van der Waals surface area contributed by atoms with Gasteiger partial charge in [0.25, 0.3) is 5.91 Å². The summed E-state index contributed by atoms with van der Waals surface area (Å²) in [7, 11) is 3.04. The van der Waals surface area contributed by atoms with Crippen molar-refractivity contribution >= 4 is 17.5 Å². The highest BCUT2D eigenvalue weighted by molar-refractivity contribution is 5.98. The van der Waals surface area contributed by atoms with E-state index < -0.39 is 6.04 Å². The van der Waals surface area contributed by atoms with Crippen molar-refractivity contribution in [2.24, 2.45) is 0 Å². The Hall–Kier alpha value is -2.28. The third-order valence-electron chi connectivity index (χ3n) is 3.42. The van der Waals surface area contributed by atoms with E-state index in [1.54, 1.807) is 18.2 Å². The molecule has 0 bridgehead atoms. The average Bonchev–Trinajstić information content (AvgIpc) is 2.53. The normalized spacial score (nSPS) is 18.2. The van der Waals surface area contributed by atoms with E-state index in [4.69, 9.17) is 15.2 Å². The lowest BCUT2D eigenvalue weighted by Gasteiger charge is -2.34. The van der Waals surface area contributed by atoms with Crippen LogP contribution in [0.25, 0.3) is 0 Å². The average molecular weight is 293 g/mol. The molecule has 1 aliphatic rings. The van der Waals surface area contributed by atoms with Crippen molar-refractivity contribution in [2.45, 2.75) is 6.04 Å². The Morgan fingerprint density at radius 3 is 2.86 bits per heavy atom. The van der Waals surface area contributed by atoms with E-state index in [2.05, 4.69) is 5.32 Å². The Labute approximate surface area is 123 Å². The molecule has 2 amide bonds. The SMILES string of the molecule is CNC(=O)C1COCCN1C(=O)c1ccc(OC)c(N)c1. The highest BCUT2D eigenvalue weighted by atomic mass is 16.5. The monoisotopic (exact) mass is 293 g/mol. The third kappa shape index (κ3) is 3.08. The lowest BCUT2D eigenvalue weighted by atomic mass is 10.1. The molecule has 0 spiro atoms. The van der Waals surface area contributed by atoms with Gasteiger partial charge in [0.1, 0.15) is 11.8 Å². The maximum atomic E-state index is 12.6. The number of amides is 2. The van der Waals surface area contributed by atoms with E-state index >= 15 is 0 Å². The summed E-state index contributed by atoms with van der Waals surface area (Å²) < 4.78 is 10.4. The first-order chi connectivity index (χ1) is 10.1. The molecule has 1 aliphatic heterocycles. The number of hydrogen-bond donors (Lipinski definition) is 2. The Kier molecular flexibility index (Phi) is 4.64. The molecular formula is C14H19N3O4. The van der Waals surface area contributed by atoms with Crippen LogP contribution in [0, 0.1) is 0 Å². The van der Waals surface area contributed by atoms with Gasteiger partial charge in [0.15, 0.2) is 0 Å². The lowest BCUT2D eigenvalue weighted by Crippen LogP contribution is -2.55. The van der Waals surface area contributed by atoms with Gasteiger partial charge in [0.2, 0.25) is 5.91 Å². The molecule has 0 aliphatic carbocycles. The summed E-state index contributed by atoms with van der Waals surface area (Å²) in [5, 5.41) is 2.54. The number of nitrogens with zero attached hydrogens (tertiary/aromatic N) is 1. The second kappa shape index (κ2) is 6.45. The van der Waals surface area contributed by atoms with Crippen LogP contribution >= 0.6 is 0 Å². The maximum absolute atomic E-state index is 12.6. The Morgan fingerprint density at radius 2 is 2.24 bits per heavy atom. The van der Waals surface area contributed by atoms with Gasteiger partial charge >= 0.3 is 0 Å². The zero-order valence-corrected chi connectivity index (χ0v) is 12.1. The molecule has 114 valence electrons. The number of ether oxygens (including phenoxy) is 2. The van der Waals surface area contributed by atoms with Crippen molar-refractivity contribution in [2.75, 3.05) is 39.6 Å². The van der Waals surface area contributed by atoms with Crippen LogP contribution in [0.4, 0.5) is 5.69 Å². The highest BCUT2D eigenvalue weighted by Gasteiger charge is 2.32. The zero-order valence-electron chi connectivity index (χ0n) is 12.1. The van der Waals surface area contributed by atoms with E-state index in [1.807, 2.05) is 0 Å². The van der Waals surface area contributed by atoms with Gasteiger partial charge in [-0.15, -0.1) is 0 Å². The van der Waals surface area contributed by atoms with Gasteiger partial charge in [-0.25, -0.2) is 0 Å². The van der Waals surface area contributed by atoms with Gasteiger partial charge in [-0.3, -0.25) is 9.59 Å². The molecule has 0 aromatic heterocycles. The van der Waals surface area contributed by atoms with Crippen LogP contribution in [0.5, 0.6) is 5.75 Å². The Morgan fingerprint density at radius 1 is 1.48 bits per heavy atom. The molecule has 7 heteroatoms. The van der Waals surface area contributed by atoms with Crippen molar-refractivity contribution in [3.63, 3.8) is 0 Å². The number of methoxy groups -OCH3 is 1. The lowest BCUT2D eigenvalue weighted by molar-refractivity contribution is -0.130. The zero-order chi connectivity index (χ0) is 15.4. The predicted molar refractivity (Wildman–Crippen MR) is 77.1 cm³/mol. The Bertz CT molecular complexity index is 547. The minimum absolute atomic E-state index is 0.192. The van der Waals surface area contributed by atoms with Crippen LogP contribution in [0.15, 0.2) is 18.2 Å². The predicted octanol–water partition coefficient (Wildman–Crippen LogP) is -0.136. The summed E-state index contributed by atoms with van der Waals surface area (Å²) in [6.45, 7) is 0.963. The molecule has 3 N–H and O–H groups in total. The molecule has 1 fully saturated rings. The van der Waals surface area contributed by atoms with Gasteiger partial charge < -0.3 is 25.4 Å². The molecule has 7 nitrogen and oxygen atoms in total. The van der Waals surface area contributed by atoms with Gasteiger partial charge in [0, 0.05) is 19.2 Å². The maximum Gasteiger partial charge on any atom is 0.254 e. The topological polar surface area (TPSA) is 93.9 Å². The fourth-order valence-electron chi connectivity index (χ4n) is 2.26. The number of carbonyl (C=O) groups is 2. The summed E-state index contributed by atoms with van der Waals surface area (Å²) in [6.07, 6.45) is 0. The number of morpholine rings is 1. The van der Waals surface area contributed by atoms with Crippen molar-refractivity contribution in [1.82, 2.24) is 10.2 Å². The van der Waals surface area contributed by atoms with Crippen molar-refractivity contribution in [3.8, 4) is 5.75 Å². The van der Waals surface area contributed by atoms with Crippen molar-refractivity contribution < 1.29 is 19.1 Å². The summed E-state index contributed by atoms with van der Waals surface area (Å²) in [4.78, 5) is 25.9. The molecular weight excluding hydrogens is 274 g/mol. The molecule has 0 saturated carbocycles. The van der Waals surface area contributed by atoms with Crippen LogP contribution in [0.2, 0.25) is 0 Å². The first kappa shape index (κ1) is 15.1. The quantitative estimate of drug-likeness (QED) is 0.757. The molecule has 2 rings (SSSR count). The number of benzene rings is 1. The van der Waals surface area contributed by atoms with Crippen molar-refractivity contribution in [1.29, 1.82) is 0 Å². The number of anilines is 1. The summed E-state index contributed by atoms with van der Waals surface area (Å²) in [5.74, 6) is 0.0159. The second-order valence-electron chi connectivity index (χ2n) is 4.66. The van der Waals surface area contributed by atoms with E-state index in [-0.39, 0.29) is 18.4 Å². The van der Waals surface area contributed by atoms with E-state index in [9.17, 15) is 9.59 Å². The van der Waals surface area contributed by atoms with E-state index in [0.29, 0.717) is 30.2 Å². The van der Waals surface area contributed by atoms with Crippen LogP contribution in [0.3, 0.4) is 0 Å². The first-order valence-corrected chi connectivity index (χ1v) is 6.62.